The van der Waals surface area contributed by atoms with Gasteiger partial charge >= 0.3 is 0 Å². The minimum atomic E-state index is 0.515. The van der Waals surface area contributed by atoms with E-state index in [-0.39, 0.29) is 0 Å². The molecule has 0 radical (unpaired) electrons. The van der Waals surface area contributed by atoms with Crippen LogP contribution in [0.15, 0.2) is 18.2 Å². The number of ether oxygens (including phenoxy) is 2. The number of fused-ring (bicyclic) bond motifs is 1. The van der Waals surface area contributed by atoms with Gasteiger partial charge in [-0.05, 0) is 37.9 Å². The molecule has 1 atom stereocenters. The van der Waals surface area contributed by atoms with Gasteiger partial charge in [0.15, 0.2) is 0 Å². The third-order valence-electron chi connectivity index (χ3n) is 5.02. The van der Waals surface area contributed by atoms with Crippen molar-refractivity contribution >= 4 is 11.0 Å². The van der Waals surface area contributed by atoms with Crippen LogP contribution >= 0.6 is 0 Å². The van der Waals surface area contributed by atoms with E-state index in [4.69, 9.17) is 14.5 Å². The lowest BCUT2D eigenvalue weighted by molar-refractivity contribution is 0.0419. The summed E-state index contributed by atoms with van der Waals surface area (Å²) >= 11 is 0. The highest BCUT2D eigenvalue weighted by Crippen LogP contribution is 2.31. The lowest BCUT2D eigenvalue weighted by Gasteiger charge is -2.30. The number of rotatable bonds is 3. The fourth-order valence-corrected chi connectivity index (χ4v) is 3.72. The summed E-state index contributed by atoms with van der Waals surface area (Å²) in [5, 5.41) is 0. The molecule has 2 saturated heterocycles. The van der Waals surface area contributed by atoms with Crippen LogP contribution in [0.2, 0.25) is 0 Å². The number of likely N-dealkylation sites (tertiary alicyclic amines) is 1. The number of methoxy groups -OCH3 is 1. The van der Waals surface area contributed by atoms with Crippen LogP contribution in [0.25, 0.3) is 11.0 Å². The summed E-state index contributed by atoms with van der Waals surface area (Å²) < 4.78 is 10.8. The van der Waals surface area contributed by atoms with Crippen molar-refractivity contribution in [1.82, 2.24) is 14.9 Å². The van der Waals surface area contributed by atoms with Gasteiger partial charge in [0.25, 0.3) is 0 Å². The first kappa shape index (κ1) is 14.0. The number of H-pyrrole nitrogens is 1. The highest BCUT2D eigenvalue weighted by molar-refractivity contribution is 5.76. The standard InChI is InChI=1S/C17H23N3O2/c1-21-14-2-3-15-16(10-14)19-17(18-15)12-4-7-20(11-12)13-5-8-22-9-6-13/h2-3,10,12-13H,4-9,11H2,1H3,(H,18,19). The molecule has 0 saturated carbocycles. The maximum absolute atomic E-state index is 5.48. The van der Waals surface area contributed by atoms with Gasteiger partial charge in [-0.15, -0.1) is 0 Å². The number of hydrogen-bond acceptors (Lipinski definition) is 4. The molecule has 0 bridgehead atoms. The van der Waals surface area contributed by atoms with Crippen molar-refractivity contribution in [3.05, 3.63) is 24.0 Å². The molecule has 1 aromatic heterocycles. The average Bonchev–Trinajstić information content (AvgIpc) is 3.21. The Kier molecular flexibility index (Phi) is 3.76. The second-order valence-corrected chi connectivity index (χ2v) is 6.33. The molecule has 2 fully saturated rings. The van der Waals surface area contributed by atoms with Crippen molar-refractivity contribution in [3.63, 3.8) is 0 Å². The number of nitrogens with one attached hydrogen (secondary N) is 1. The topological polar surface area (TPSA) is 50.4 Å². The van der Waals surface area contributed by atoms with E-state index in [1.807, 2.05) is 18.2 Å². The van der Waals surface area contributed by atoms with Crippen molar-refractivity contribution in [2.75, 3.05) is 33.4 Å². The summed E-state index contributed by atoms with van der Waals surface area (Å²) in [6.45, 7) is 4.11. The van der Waals surface area contributed by atoms with Crippen LogP contribution in [-0.4, -0.2) is 54.3 Å². The van der Waals surface area contributed by atoms with Gasteiger partial charge in [-0.1, -0.05) is 0 Å². The number of hydrogen-bond donors (Lipinski definition) is 1. The maximum atomic E-state index is 5.48. The molecule has 0 amide bonds. The van der Waals surface area contributed by atoms with Gasteiger partial charge in [-0.2, -0.15) is 0 Å². The lowest BCUT2D eigenvalue weighted by Crippen LogP contribution is -2.37. The summed E-state index contributed by atoms with van der Waals surface area (Å²) in [4.78, 5) is 10.9. The molecular formula is C17H23N3O2. The molecule has 1 aromatic carbocycles. The van der Waals surface area contributed by atoms with Crippen LogP contribution in [0.1, 0.15) is 31.0 Å². The van der Waals surface area contributed by atoms with E-state index in [0.717, 1.165) is 42.4 Å². The van der Waals surface area contributed by atoms with E-state index in [1.54, 1.807) is 7.11 Å². The number of imidazole rings is 1. The zero-order valence-electron chi connectivity index (χ0n) is 13.0. The number of aromatic amines is 1. The summed E-state index contributed by atoms with van der Waals surface area (Å²) in [5.41, 5.74) is 2.10. The van der Waals surface area contributed by atoms with Crippen molar-refractivity contribution < 1.29 is 9.47 Å². The van der Waals surface area contributed by atoms with E-state index < -0.39 is 0 Å². The summed E-state index contributed by atoms with van der Waals surface area (Å²) in [6, 6.07) is 6.72. The van der Waals surface area contributed by atoms with Gasteiger partial charge in [-0.25, -0.2) is 4.98 Å². The molecule has 118 valence electrons. The Labute approximate surface area is 130 Å². The third kappa shape index (κ3) is 2.59. The van der Waals surface area contributed by atoms with Crippen molar-refractivity contribution in [2.45, 2.75) is 31.2 Å². The Morgan fingerprint density at radius 3 is 2.95 bits per heavy atom. The van der Waals surface area contributed by atoms with E-state index in [9.17, 15) is 0 Å². The zero-order chi connectivity index (χ0) is 14.9. The van der Waals surface area contributed by atoms with Gasteiger partial charge in [0, 0.05) is 37.8 Å². The van der Waals surface area contributed by atoms with Gasteiger partial charge in [0.1, 0.15) is 11.6 Å². The second kappa shape index (κ2) is 5.89. The predicted molar refractivity (Wildman–Crippen MR) is 85.4 cm³/mol. The molecule has 22 heavy (non-hydrogen) atoms. The van der Waals surface area contributed by atoms with Crippen LogP contribution in [0.4, 0.5) is 0 Å². The molecule has 0 aliphatic carbocycles. The van der Waals surface area contributed by atoms with Gasteiger partial charge < -0.3 is 14.5 Å². The summed E-state index contributed by atoms with van der Waals surface area (Å²) in [6.07, 6.45) is 3.53. The van der Waals surface area contributed by atoms with Crippen molar-refractivity contribution in [1.29, 1.82) is 0 Å². The lowest BCUT2D eigenvalue weighted by atomic mass is 10.1. The second-order valence-electron chi connectivity index (χ2n) is 6.33. The molecule has 2 aliphatic rings. The van der Waals surface area contributed by atoms with Gasteiger partial charge in [-0.3, -0.25) is 4.90 Å². The zero-order valence-corrected chi connectivity index (χ0v) is 13.0. The molecule has 5 nitrogen and oxygen atoms in total. The Bertz CT molecular complexity index is 648. The smallest absolute Gasteiger partial charge is 0.121 e. The molecule has 0 spiro atoms. The minimum Gasteiger partial charge on any atom is -0.497 e. The van der Waals surface area contributed by atoms with Crippen LogP contribution in [0, 0.1) is 0 Å². The van der Waals surface area contributed by atoms with E-state index in [1.165, 1.54) is 25.8 Å². The monoisotopic (exact) mass is 301 g/mol. The highest BCUT2D eigenvalue weighted by atomic mass is 16.5. The first-order chi connectivity index (χ1) is 10.8. The SMILES string of the molecule is COc1ccc2nc(C3CCN(C4CCOCC4)C3)[nH]c2c1. The summed E-state index contributed by atoms with van der Waals surface area (Å²) in [7, 11) is 1.70. The molecule has 5 heteroatoms. The van der Waals surface area contributed by atoms with E-state index in [0.29, 0.717) is 12.0 Å². The molecule has 1 unspecified atom stereocenters. The van der Waals surface area contributed by atoms with Crippen LogP contribution in [0.3, 0.4) is 0 Å². The molecular weight excluding hydrogens is 278 g/mol. The number of nitrogens with zero attached hydrogens (tertiary/aromatic N) is 2. The van der Waals surface area contributed by atoms with Gasteiger partial charge in [0.2, 0.25) is 0 Å². The Balaban J connectivity index is 1.50. The molecule has 2 aliphatic heterocycles. The largest absolute Gasteiger partial charge is 0.497 e. The minimum absolute atomic E-state index is 0.515. The third-order valence-corrected chi connectivity index (χ3v) is 5.02. The Hall–Kier alpha value is -1.59. The normalized spacial score (nSPS) is 24.1. The molecule has 2 aromatic rings. The van der Waals surface area contributed by atoms with Crippen LogP contribution < -0.4 is 4.74 Å². The summed E-state index contributed by atoms with van der Waals surface area (Å²) in [5.74, 6) is 2.51. The predicted octanol–water partition coefficient (Wildman–Crippen LogP) is 2.54. The van der Waals surface area contributed by atoms with E-state index in [2.05, 4.69) is 9.88 Å². The average molecular weight is 301 g/mol. The quantitative estimate of drug-likeness (QED) is 0.946. The van der Waals surface area contributed by atoms with Crippen LogP contribution in [-0.2, 0) is 4.74 Å². The van der Waals surface area contributed by atoms with Crippen LogP contribution in [0.5, 0.6) is 5.75 Å². The first-order valence-corrected chi connectivity index (χ1v) is 8.19. The van der Waals surface area contributed by atoms with Gasteiger partial charge in [0.05, 0.1) is 18.1 Å². The van der Waals surface area contributed by atoms with Crippen molar-refractivity contribution in [3.8, 4) is 5.75 Å². The van der Waals surface area contributed by atoms with E-state index >= 15 is 0 Å². The highest BCUT2D eigenvalue weighted by Gasteiger charge is 2.31. The Morgan fingerprint density at radius 2 is 2.14 bits per heavy atom. The fraction of sp³-hybridized carbons (Fsp3) is 0.588. The maximum Gasteiger partial charge on any atom is 0.121 e. The first-order valence-electron chi connectivity index (χ1n) is 8.19. The number of aromatic nitrogens is 2. The molecule has 3 heterocycles. The molecule has 4 rings (SSSR count). The molecule has 1 N–H and O–H groups in total. The fourth-order valence-electron chi connectivity index (χ4n) is 3.72. The Morgan fingerprint density at radius 1 is 1.27 bits per heavy atom. The number of benzene rings is 1. The van der Waals surface area contributed by atoms with Crippen molar-refractivity contribution in [2.24, 2.45) is 0 Å².